The number of hydrogen-bond acceptors (Lipinski definition) is 3. The summed E-state index contributed by atoms with van der Waals surface area (Å²) in [7, 11) is 0. The van der Waals surface area contributed by atoms with Crippen LogP contribution in [0.15, 0.2) is 42.5 Å². The van der Waals surface area contributed by atoms with Gasteiger partial charge >= 0.3 is 0 Å². The summed E-state index contributed by atoms with van der Waals surface area (Å²) in [6.45, 7) is 4.96. The van der Waals surface area contributed by atoms with Crippen molar-refractivity contribution in [2.75, 3.05) is 6.54 Å². The maximum absolute atomic E-state index is 12.7. The Balaban J connectivity index is 1.97. The Labute approximate surface area is 146 Å². The van der Waals surface area contributed by atoms with Crippen LogP contribution in [0.25, 0.3) is 21.5 Å². The molecule has 0 atom stereocenters. The molecule has 0 saturated heterocycles. The number of fused-ring (bicyclic) bond motifs is 1. The quantitative estimate of drug-likeness (QED) is 0.628. The van der Waals surface area contributed by atoms with Gasteiger partial charge in [0.2, 0.25) is 0 Å². The van der Waals surface area contributed by atoms with Gasteiger partial charge in [0.1, 0.15) is 0 Å². The maximum Gasteiger partial charge on any atom is 0.252 e. The van der Waals surface area contributed by atoms with Crippen molar-refractivity contribution in [3.63, 3.8) is 0 Å². The molecule has 0 saturated carbocycles. The number of rotatable bonds is 6. The average molecular weight is 338 g/mol. The highest BCUT2D eigenvalue weighted by Gasteiger charge is 2.14. The molecule has 0 aliphatic heterocycles. The fourth-order valence-corrected chi connectivity index (χ4v) is 3.56. The Morgan fingerprint density at radius 3 is 2.75 bits per heavy atom. The predicted octanol–water partition coefficient (Wildman–Crippen LogP) is 5.19. The fraction of sp³-hybridized carbons (Fsp3) is 0.300. The Morgan fingerprint density at radius 2 is 2.00 bits per heavy atom. The number of carbonyl (C=O) groups is 1. The van der Waals surface area contributed by atoms with E-state index in [0.717, 1.165) is 47.3 Å². The second kappa shape index (κ2) is 7.58. The predicted molar refractivity (Wildman–Crippen MR) is 102 cm³/mol. The van der Waals surface area contributed by atoms with Crippen molar-refractivity contribution in [2.24, 2.45) is 0 Å². The molecule has 0 spiro atoms. The lowest BCUT2D eigenvalue weighted by Gasteiger charge is -2.10. The number of carbonyl (C=O) groups excluding carboxylic acids is 1. The third-order valence-electron chi connectivity index (χ3n) is 4.02. The Kier molecular flexibility index (Phi) is 5.26. The zero-order valence-corrected chi connectivity index (χ0v) is 15.0. The molecule has 0 unspecified atom stereocenters. The molecule has 4 heteroatoms. The van der Waals surface area contributed by atoms with Crippen LogP contribution in [0.4, 0.5) is 0 Å². The average Bonchev–Trinajstić information content (AvgIpc) is 3.04. The lowest BCUT2D eigenvalue weighted by Crippen LogP contribution is -2.24. The van der Waals surface area contributed by atoms with Gasteiger partial charge in [-0.15, -0.1) is 11.3 Å². The van der Waals surface area contributed by atoms with Crippen LogP contribution in [0.5, 0.6) is 0 Å². The minimum Gasteiger partial charge on any atom is -0.352 e. The molecule has 3 aromatic rings. The SMILES string of the molecule is CCCCCNC(=O)c1cc(-c2ccc(C)s2)nc2ccccc12. The molecule has 124 valence electrons. The van der Waals surface area contributed by atoms with Crippen molar-refractivity contribution in [1.29, 1.82) is 0 Å². The monoisotopic (exact) mass is 338 g/mol. The molecule has 0 aliphatic carbocycles. The molecule has 2 heterocycles. The van der Waals surface area contributed by atoms with E-state index in [-0.39, 0.29) is 5.91 Å². The van der Waals surface area contributed by atoms with Gasteiger partial charge in [-0.2, -0.15) is 0 Å². The van der Waals surface area contributed by atoms with E-state index in [2.05, 4.69) is 31.3 Å². The second-order valence-corrected chi connectivity index (χ2v) is 7.23. The van der Waals surface area contributed by atoms with E-state index in [1.807, 2.05) is 30.3 Å². The van der Waals surface area contributed by atoms with Gasteiger partial charge in [-0.05, 0) is 37.6 Å². The molecule has 1 N–H and O–H groups in total. The molecule has 0 fully saturated rings. The molecular formula is C20H22N2OS. The van der Waals surface area contributed by atoms with Gasteiger partial charge in [-0.1, -0.05) is 38.0 Å². The Hall–Kier alpha value is -2.20. The number of pyridine rings is 1. The Bertz CT molecular complexity index is 854. The topological polar surface area (TPSA) is 42.0 Å². The number of aromatic nitrogens is 1. The van der Waals surface area contributed by atoms with E-state index in [0.29, 0.717) is 5.56 Å². The highest BCUT2D eigenvalue weighted by atomic mass is 32.1. The van der Waals surface area contributed by atoms with Crippen LogP contribution in [0.2, 0.25) is 0 Å². The number of aryl methyl sites for hydroxylation is 1. The van der Waals surface area contributed by atoms with Gasteiger partial charge in [0, 0.05) is 16.8 Å². The third kappa shape index (κ3) is 3.65. The third-order valence-corrected chi connectivity index (χ3v) is 5.04. The van der Waals surface area contributed by atoms with Crippen LogP contribution in [0, 0.1) is 6.92 Å². The van der Waals surface area contributed by atoms with E-state index < -0.39 is 0 Å². The summed E-state index contributed by atoms with van der Waals surface area (Å²) in [6, 6.07) is 13.9. The standard InChI is InChI=1S/C20H22N2OS/c1-3-4-7-12-21-20(23)16-13-18(19-11-10-14(2)24-19)22-17-9-6-5-8-15(16)17/h5-6,8-11,13H,3-4,7,12H2,1-2H3,(H,21,23). The van der Waals surface area contributed by atoms with Crippen molar-refractivity contribution in [3.8, 4) is 10.6 Å². The molecular weight excluding hydrogens is 316 g/mol. The summed E-state index contributed by atoms with van der Waals surface area (Å²) in [5.41, 5.74) is 2.43. The van der Waals surface area contributed by atoms with Crippen LogP contribution in [-0.4, -0.2) is 17.4 Å². The van der Waals surface area contributed by atoms with Crippen LogP contribution in [-0.2, 0) is 0 Å². The first-order valence-corrected chi connectivity index (χ1v) is 9.25. The molecule has 3 nitrogen and oxygen atoms in total. The van der Waals surface area contributed by atoms with Crippen LogP contribution in [0.3, 0.4) is 0 Å². The number of benzene rings is 1. The second-order valence-electron chi connectivity index (χ2n) is 5.95. The molecule has 1 aromatic carbocycles. The molecule has 1 amide bonds. The Morgan fingerprint density at radius 1 is 1.17 bits per heavy atom. The van der Waals surface area contributed by atoms with E-state index in [1.165, 1.54) is 4.88 Å². The van der Waals surface area contributed by atoms with Crippen molar-refractivity contribution in [1.82, 2.24) is 10.3 Å². The number of nitrogens with zero attached hydrogens (tertiary/aromatic N) is 1. The van der Waals surface area contributed by atoms with Crippen molar-refractivity contribution < 1.29 is 4.79 Å². The fourth-order valence-electron chi connectivity index (χ4n) is 2.73. The van der Waals surface area contributed by atoms with Gasteiger partial charge in [0.15, 0.2) is 0 Å². The van der Waals surface area contributed by atoms with Gasteiger partial charge < -0.3 is 5.32 Å². The van der Waals surface area contributed by atoms with Gasteiger partial charge in [-0.3, -0.25) is 4.79 Å². The summed E-state index contributed by atoms with van der Waals surface area (Å²) in [5.74, 6) is -0.0146. The largest absolute Gasteiger partial charge is 0.352 e. The zero-order valence-electron chi connectivity index (χ0n) is 14.1. The number of amides is 1. The number of hydrogen-bond donors (Lipinski definition) is 1. The highest BCUT2D eigenvalue weighted by molar-refractivity contribution is 7.15. The molecule has 0 bridgehead atoms. The molecule has 2 aromatic heterocycles. The molecule has 3 rings (SSSR count). The minimum absolute atomic E-state index is 0.0146. The van der Waals surface area contributed by atoms with Crippen LogP contribution in [0.1, 0.15) is 41.4 Å². The summed E-state index contributed by atoms with van der Waals surface area (Å²) in [6.07, 6.45) is 3.30. The lowest BCUT2D eigenvalue weighted by atomic mass is 10.1. The number of nitrogens with one attached hydrogen (secondary N) is 1. The molecule has 0 radical (unpaired) electrons. The first-order chi connectivity index (χ1) is 11.7. The van der Waals surface area contributed by atoms with Crippen molar-refractivity contribution >= 4 is 28.1 Å². The van der Waals surface area contributed by atoms with Gasteiger partial charge in [-0.25, -0.2) is 4.98 Å². The van der Waals surface area contributed by atoms with E-state index in [4.69, 9.17) is 4.98 Å². The van der Waals surface area contributed by atoms with Crippen molar-refractivity contribution in [2.45, 2.75) is 33.1 Å². The summed E-state index contributed by atoms with van der Waals surface area (Å²) < 4.78 is 0. The lowest BCUT2D eigenvalue weighted by molar-refractivity contribution is 0.0954. The van der Waals surface area contributed by atoms with Gasteiger partial charge in [0.05, 0.1) is 21.7 Å². The van der Waals surface area contributed by atoms with E-state index >= 15 is 0 Å². The van der Waals surface area contributed by atoms with Crippen molar-refractivity contribution in [3.05, 3.63) is 52.9 Å². The van der Waals surface area contributed by atoms with E-state index in [9.17, 15) is 4.79 Å². The molecule has 0 aliphatic rings. The minimum atomic E-state index is -0.0146. The number of thiophene rings is 1. The molecule has 24 heavy (non-hydrogen) atoms. The maximum atomic E-state index is 12.7. The van der Waals surface area contributed by atoms with Gasteiger partial charge in [0.25, 0.3) is 5.91 Å². The highest BCUT2D eigenvalue weighted by Crippen LogP contribution is 2.29. The first kappa shape index (κ1) is 16.7. The van der Waals surface area contributed by atoms with E-state index in [1.54, 1.807) is 11.3 Å². The van der Waals surface area contributed by atoms with Crippen LogP contribution >= 0.6 is 11.3 Å². The normalized spacial score (nSPS) is 10.9. The number of unbranched alkanes of at least 4 members (excludes halogenated alkanes) is 2. The summed E-state index contributed by atoms with van der Waals surface area (Å²) >= 11 is 1.70. The zero-order chi connectivity index (χ0) is 16.9. The number of para-hydroxylation sites is 1. The summed E-state index contributed by atoms with van der Waals surface area (Å²) in [4.78, 5) is 19.8. The smallest absolute Gasteiger partial charge is 0.252 e. The summed E-state index contributed by atoms with van der Waals surface area (Å²) in [5, 5.41) is 3.95. The van der Waals surface area contributed by atoms with Crippen LogP contribution < -0.4 is 5.32 Å². The first-order valence-electron chi connectivity index (χ1n) is 8.44.